The van der Waals surface area contributed by atoms with Crippen molar-refractivity contribution in [1.82, 2.24) is 20.1 Å². The number of hydrogen-bond donors (Lipinski definition) is 2. The molecule has 1 fully saturated rings. The van der Waals surface area contributed by atoms with Gasteiger partial charge in [-0.15, -0.1) is 0 Å². The second-order valence-corrected chi connectivity index (χ2v) is 5.00. The average Bonchev–Trinajstić information content (AvgIpc) is 2.48. The van der Waals surface area contributed by atoms with Gasteiger partial charge in [0.25, 0.3) is 5.91 Å². The van der Waals surface area contributed by atoms with Crippen LogP contribution >= 0.6 is 0 Å². The number of piperazine rings is 1. The summed E-state index contributed by atoms with van der Waals surface area (Å²) < 4.78 is 0. The van der Waals surface area contributed by atoms with Crippen LogP contribution in [0.1, 0.15) is 17.4 Å². The van der Waals surface area contributed by atoms with Crippen LogP contribution in [-0.2, 0) is 4.79 Å². The molecule has 2 amide bonds. The van der Waals surface area contributed by atoms with E-state index in [0.717, 1.165) is 0 Å². The first kappa shape index (κ1) is 15.2. The first-order chi connectivity index (χ1) is 10.1. The van der Waals surface area contributed by atoms with Gasteiger partial charge in [-0.25, -0.2) is 4.98 Å². The molecule has 0 aromatic carbocycles. The Morgan fingerprint density at radius 3 is 2.57 bits per heavy atom. The number of pyridine rings is 1. The Balaban J connectivity index is 1.84. The zero-order valence-corrected chi connectivity index (χ0v) is 12.2. The van der Waals surface area contributed by atoms with Gasteiger partial charge < -0.3 is 16.0 Å². The van der Waals surface area contributed by atoms with Crippen LogP contribution < -0.4 is 11.1 Å². The van der Waals surface area contributed by atoms with E-state index < -0.39 is 0 Å². The normalized spacial score (nSPS) is 15.8. The van der Waals surface area contributed by atoms with Gasteiger partial charge in [0.15, 0.2) is 0 Å². The molecule has 1 aliphatic rings. The SMILES string of the molecule is CCNC(=O)CN1CCN(C(=O)c2ccc(N)cn2)CC1. The highest BCUT2D eigenvalue weighted by molar-refractivity contribution is 5.92. The van der Waals surface area contributed by atoms with Crippen LogP contribution in [0.2, 0.25) is 0 Å². The van der Waals surface area contributed by atoms with Gasteiger partial charge in [-0.2, -0.15) is 0 Å². The Morgan fingerprint density at radius 2 is 2.00 bits per heavy atom. The maximum absolute atomic E-state index is 12.3. The van der Waals surface area contributed by atoms with Crippen LogP contribution in [0.15, 0.2) is 18.3 Å². The summed E-state index contributed by atoms with van der Waals surface area (Å²) in [5.41, 5.74) is 6.51. The molecular weight excluding hydrogens is 270 g/mol. The van der Waals surface area contributed by atoms with Crippen molar-refractivity contribution in [1.29, 1.82) is 0 Å². The molecular formula is C14H21N5O2. The molecule has 0 spiro atoms. The van der Waals surface area contributed by atoms with Crippen molar-refractivity contribution in [2.24, 2.45) is 0 Å². The lowest BCUT2D eigenvalue weighted by Crippen LogP contribution is -2.51. The standard InChI is InChI=1S/C14H21N5O2/c1-2-16-13(20)10-18-5-7-19(8-6-18)14(21)12-4-3-11(15)9-17-12/h3-4,9H,2,5-8,10,15H2,1H3,(H,16,20). The van der Waals surface area contributed by atoms with E-state index in [2.05, 4.69) is 10.3 Å². The van der Waals surface area contributed by atoms with E-state index in [1.165, 1.54) is 6.20 Å². The summed E-state index contributed by atoms with van der Waals surface area (Å²) in [6.45, 7) is 5.51. The number of nitrogens with one attached hydrogen (secondary N) is 1. The van der Waals surface area contributed by atoms with Crippen molar-refractivity contribution < 1.29 is 9.59 Å². The fourth-order valence-corrected chi connectivity index (χ4v) is 2.26. The maximum Gasteiger partial charge on any atom is 0.272 e. The summed E-state index contributed by atoms with van der Waals surface area (Å²) in [6.07, 6.45) is 1.48. The number of anilines is 1. The topological polar surface area (TPSA) is 91.6 Å². The molecule has 114 valence electrons. The molecule has 0 radical (unpaired) electrons. The van der Waals surface area contributed by atoms with Gasteiger partial charge in [0, 0.05) is 32.7 Å². The number of aromatic nitrogens is 1. The fraction of sp³-hybridized carbons (Fsp3) is 0.500. The Labute approximate surface area is 124 Å². The third kappa shape index (κ3) is 4.16. The van der Waals surface area contributed by atoms with Crippen molar-refractivity contribution in [2.75, 3.05) is 45.0 Å². The lowest BCUT2D eigenvalue weighted by atomic mass is 10.2. The highest BCUT2D eigenvalue weighted by Gasteiger charge is 2.23. The molecule has 0 bridgehead atoms. The van der Waals surface area contributed by atoms with Crippen LogP contribution in [0.4, 0.5) is 5.69 Å². The van der Waals surface area contributed by atoms with Crippen LogP contribution in [0, 0.1) is 0 Å². The van der Waals surface area contributed by atoms with Crippen LogP contribution in [0.25, 0.3) is 0 Å². The van der Waals surface area contributed by atoms with Gasteiger partial charge in [-0.3, -0.25) is 14.5 Å². The van der Waals surface area contributed by atoms with E-state index >= 15 is 0 Å². The summed E-state index contributed by atoms with van der Waals surface area (Å²) in [6, 6.07) is 3.31. The number of nitrogens with zero attached hydrogens (tertiary/aromatic N) is 3. The number of likely N-dealkylation sites (N-methyl/N-ethyl adjacent to an activating group) is 1. The number of amides is 2. The van der Waals surface area contributed by atoms with E-state index in [1.807, 2.05) is 11.8 Å². The second kappa shape index (κ2) is 7.03. The van der Waals surface area contributed by atoms with Crippen molar-refractivity contribution in [2.45, 2.75) is 6.92 Å². The monoisotopic (exact) mass is 291 g/mol. The van der Waals surface area contributed by atoms with E-state index in [1.54, 1.807) is 17.0 Å². The summed E-state index contributed by atoms with van der Waals surface area (Å²) >= 11 is 0. The number of hydrogen-bond acceptors (Lipinski definition) is 5. The molecule has 1 aliphatic heterocycles. The van der Waals surface area contributed by atoms with Gasteiger partial charge >= 0.3 is 0 Å². The Bertz CT molecular complexity index is 495. The second-order valence-electron chi connectivity index (χ2n) is 5.00. The van der Waals surface area contributed by atoms with Crippen LogP contribution in [0.5, 0.6) is 0 Å². The number of carbonyl (C=O) groups is 2. The van der Waals surface area contributed by atoms with Crippen molar-refractivity contribution in [3.05, 3.63) is 24.0 Å². The van der Waals surface area contributed by atoms with Crippen LogP contribution in [-0.4, -0.2) is 65.9 Å². The minimum absolute atomic E-state index is 0.0254. The molecule has 3 N–H and O–H groups in total. The first-order valence-electron chi connectivity index (χ1n) is 7.10. The molecule has 0 aliphatic carbocycles. The van der Waals surface area contributed by atoms with E-state index in [9.17, 15) is 9.59 Å². The van der Waals surface area contributed by atoms with Crippen molar-refractivity contribution in [3.8, 4) is 0 Å². The predicted molar refractivity (Wildman–Crippen MR) is 79.7 cm³/mol. The molecule has 7 heteroatoms. The predicted octanol–water partition coefficient (Wildman–Crippen LogP) is -0.442. The van der Waals surface area contributed by atoms with Gasteiger partial charge in [-0.05, 0) is 19.1 Å². The summed E-state index contributed by atoms with van der Waals surface area (Å²) in [5, 5.41) is 2.77. The Kier molecular flexibility index (Phi) is 5.10. The summed E-state index contributed by atoms with van der Waals surface area (Å²) in [5.74, 6) is -0.0647. The summed E-state index contributed by atoms with van der Waals surface area (Å²) in [4.78, 5) is 31.6. The molecule has 1 saturated heterocycles. The highest BCUT2D eigenvalue weighted by Crippen LogP contribution is 2.08. The minimum atomic E-state index is -0.0901. The third-order valence-electron chi connectivity index (χ3n) is 3.41. The molecule has 21 heavy (non-hydrogen) atoms. The maximum atomic E-state index is 12.3. The van der Waals surface area contributed by atoms with E-state index in [0.29, 0.717) is 50.6 Å². The Morgan fingerprint density at radius 1 is 1.29 bits per heavy atom. The molecule has 7 nitrogen and oxygen atoms in total. The van der Waals surface area contributed by atoms with E-state index in [4.69, 9.17) is 5.73 Å². The number of nitrogens with two attached hydrogens (primary N) is 1. The smallest absolute Gasteiger partial charge is 0.272 e. The zero-order valence-electron chi connectivity index (χ0n) is 12.2. The molecule has 0 saturated carbocycles. The average molecular weight is 291 g/mol. The van der Waals surface area contributed by atoms with Gasteiger partial charge in [0.1, 0.15) is 5.69 Å². The number of carbonyl (C=O) groups excluding carboxylic acids is 2. The lowest BCUT2D eigenvalue weighted by Gasteiger charge is -2.34. The molecule has 1 aromatic heterocycles. The van der Waals surface area contributed by atoms with Gasteiger partial charge in [0.05, 0.1) is 18.4 Å². The lowest BCUT2D eigenvalue weighted by molar-refractivity contribution is -0.122. The van der Waals surface area contributed by atoms with Gasteiger partial charge in [-0.1, -0.05) is 0 Å². The summed E-state index contributed by atoms with van der Waals surface area (Å²) in [7, 11) is 0. The third-order valence-corrected chi connectivity index (χ3v) is 3.41. The van der Waals surface area contributed by atoms with Crippen molar-refractivity contribution in [3.63, 3.8) is 0 Å². The number of nitrogen functional groups attached to an aromatic ring is 1. The van der Waals surface area contributed by atoms with Crippen molar-refractivity contribution >= 4 is 17.5 Å². The minimum Gasteiger partial charge on any atom is -0.397 e. The molecule has 1 aromatic rings. The van der Waals surface area contributed by atoms with Crippen LogP contribution in [0.3, 0.4) is 0 Å². The molecule has 0 atom stereocenters. The largest absolute Gasteiger partial charge is 0.397 e. The molecule has 0 unspecified atom stereocenters. The fourth-order valence-electron chi connectivity index (χ4n) is 2.26. The molecule has 2 heterocycles. The highest BCUT2D eigenvalue weighted by atomic mass is 16.2. The number of rotatable bonds is 4. The zero-order chi connectivity index (χ0) is 15.2. The Hall–Kier alpha value is -2.15. The quantitative estimate of drug-likeness (QED) is 0.784. The van der Waals surface area contributed by atoms with E-state index in [-0.39, 0.29) is 11.8 Å². The van der Waals surface area contributed by atoms with Gasteiger partial charge in [0.2, 0.25) is 5.91 Å². The molecule has 2 rings (SSSR count). The first-order valence-corrected chi connectivity index (χ1v) is 7.10.